The van der Waals surface area contributed by atoms with E-state index in [1.54, 1.807) is 35.2 Å². The van der Waals surface area contributed by atoms with Crippen LogP contribution in [0.3, 0.4) is 0 Å². The molecule has 1 saturated carbocycles. The molecule has 2 fully saturated rings. The number of rotatable bonds is 7. The van der Waals surface area contributed by atoms with Crippen molar-refractivity contribution in [1.29, 1.82) is 0 Å². The maximum absolute atomic E-state index is 16.4. The summed E-state index contributed by atoms with van der Waals surface area (Å²) in [6.07, 6.45) is -6.16. The van der Waals surface area contributed by atoms with Gasteiger partial charge >= 0.3 is 6.18 Å². The largest absolute Gasteiger partial charge is 0.457 e. The summed E-state index contributed by atoms with van der Waals surface area (Å²) in [5.74, 6) is -0.926. The first kappa shape index (κ1) is 34.8. The first-order valence-electron chi connectivity index (χ1n) is 16.8. The Kier molecular flexibility index (Phi) is 9.23. The van der Waals surface area contributed by atoms with Crippen molar-refractivity contribution in [2.45, 2.75) is 69.2 Å². The lowest BCUT2D eigenvalue weighted by Crippen LogP contribution is -2.49. The Bertz CT molecular complexity index is 2040. The SMILES string of the molecule is Cc1cccc2c1-c1cc(C3CC3)c(F)c(c1)[C@H](CC(O)O)NC(=O)[C@@H](n1cc(CCN3CC(F)C3)c(C(F)(F)F)cc1=O)c1cccc(c1)O2. The number of halogens is 5. The molecule has 268 valence electrons. The number of aliphatic hydroxyl groups excluding tert-OH is 1. The van der Waals surface area contributed by atoms with Crippen molar-refractivity contribution >= 4 is 5.91 Å². The number of likely N-dealkylation sites (tertiary alicyclic amines) is 1. The standard InChI is InChI=1S/C38H36F5N3O5/c1-20-4-2-7-31-34(20)24-13-27(21-8-9-21)35(40)28(14-24)30(16-33(48)49)44-37(50)36(22-5-3-6-26(12-22)51-31)46-17-23(10-11-45-18-25(39)19-45)29(15-32(46)47)38(41,42)43/h2-7,12-15,17,21,25,30,33,36,48-49H,8-11,16,18-19H2,1H3,(H,44,50)/t30-,36-/m0/s1. The van der Waals surface area contributed by atoms with Gasteiger partial charge in [-0.05, 0) is 90.3 Å². The molecule has 0 radical (unpaired) electrons. The van der Waals surface area contributed by atoms with Crippen molar-refractivity contribution < 1.29 is 41.7 Å². The highest BCUT2D eigenvalue weighted by Gasteiger charge is 2.38. The molecule has 1 saturated heterocycles. The molecule has 3 aromatic carbocycles. The lowest BCUT2D eigenvalue weighted by Gasteiger charge is -2.34. The molecule has 1 aromatic heterocycles. The first-order chi connectivity index (χ1) is 24.3. The number of hydrogen-bond acceptors (Lipinski definition) is 6. The molecule has 4 aromatic rings. The minimum atomic E-state index is -4.89. The molecule has 4 bridgehead atoms. The van der Waals surface area contributed by atoms with Crippen molar-refractivity contribution in [3.8, 4) is 22.6 Å². The van der Waals surface area contributed by atoms with Crippen LogP contribution in [0.15, 0.2) is 71.7 Å². The number of fused-ring (bicyclic) bond motifs is 6. The summed E-state index contributed by atoms with van der Waals surface area (Å²) >= 11 is 0. The van der Waals surface area contributed by atoms with Crippen molar-refractivity contribution in [2.24, 2.45) is 0 Å². The van der Waals surface area contributed by atoms with Gasteiger partial charge in [0.25, 0.3) is 5.56 Å². The minimum Gasteiger partial charge on any atom is -0.457 e. The van der Waals surface area contributed by atoms with Gasteiger partial charge in [-0.25, -0.2) is 8.78 Å². The molecule has 3 heterocycles. The number of ether oxygens (including phenoxy) is 1. The molecule has 2 atom stereocenters. The predicted octanol–water partition coefficient (Wildman–Crippen LogP) is 6.31. The number of aliphatic hydroxyl groups is 2. The van der Waals surface area contributed by atoms with E-state index in [0.717, 1.165) is 29.2 Å². The number of aromatic nitrogens is 1. The van der Waals surface area contributed by atoms with Crippen LogP contribution >= 0.6 is 0 Å². The van der Waals surface area contributed by atoms with Gasteiger partial charge < -0.3 is 20.3 Å². The zero-order valence-corrected chi connectivity index (χ0v) is 27.6. The average Bonchev–Trinajstić information content (AvgIpc) is 3.89. The van der Waals surface area contributed by atoms with Gasteiger partial charge in [0, 0.05) is 49.4 Å². The number of carbonyl (C=O) groups excluding carboxylic acids is 1. The van der Waals surface area contributed by atoms with Gasteiger partial charge in [0.2, 0.25) is 5.91 Å². The van der Waals surface area contributed by atoms with E-state index < -0.39 is 60.0 Å². The fourth-order valence-corrected chi connectivity index (χ4v) is 7.12. The van der Waals surface area contributed by atoms with E-state index in [4.69, 9.17) is 4.74 Å². The summed E-state index contributed by atoms with van der Waals surface area (Å²) in [6.45, 7) is 2.13. The maximum Gasteiger partial charge on any atom is 0.416 e. The highest BCUT2D eigenvalue weighted by molar-refractivity contribution is 5.84. The van der Waals surface area contributed by atoms with E-state index in [1.807, 2.05) is 13.0 Å². The van der Waals surface area contributed by atoms with Crippen LogP contribution in [-0.2, 0) is 17.4 Å². The minimum absolute atomic E-state index is 0.0177. The summed E-state index contributed by atoms with van der Waals surface area (Å²) in [6, 6.07) is 12.4. The Hall–Kier alpha value is -4.59. The third kappa shape index (κ3) is 7.15. The van der Waals surface area contributed by atoms with E-state index in [0.29, 0.717) is 28.5 Å². The molecule has 51 heavy (non-hydrogen) atoms. The highest BCUT2D eigenvalue weighted by atomic mass is 19.4. The second kappa shape index (κ2) is 13.5. The monoisotopic (exact) mass is 709 g/mol. The smallest absolute Gasteiger partial charge is 0.416 e. The van der Waals surface area contributed by atoms with Crippen LogP contribution in [0.25, 0.3) is 11.1 Å². The fraction of sp³-hybridized carbons (Fsp3) is 0.368. The second-order valence-corrected chi connectivity index (χ2v) is 13.6. The number of hydrogen-bond donors (Lipinski definition) is 3. The number of pyridine rings is 1. The Morgan fingerprint density at radius 3 is 2.41 bits per heavy atom. The van der Waals surface area contributed by atoms with E-state index in [2.05, 4.69) is 5.32 Å². The lowest BCUT2D eigenvalue weighted by atomic mass is 9.90. The number of alkyl halides is 4. The third-order valence-electron chi connectivity index (χ3n) is 9.81. The zero-order chi connectivity index (χ0) is 36.2. The van der Waals surface area contributed by atoms with Crippen LogP contribution in [-0.4, -0.2) is 57.7 Å². The zero-order valence-electron chi connectivity index (χ0n) is 27.6. The first-order valence-corrected chi connectivity index (χ1v) is 16.8. The molecule has 0 spiro atoms. The van der Waals surface area contributed by atoms with Gasteiger partial charge in [-0.1, -0.05) is 24.3 Å². The summed E-state index contributed by atoms with van der Waals surface area (Å²) in [5, 5.41) is 23.0. The summed E-state index contributed by atoms with van der Waals surface area (Å²) in [7, 11) is 0. The number of nitrogens with one attached hydrogen (secondary N) is 1. The topological polar surface area (TPSA) is 104 Å². The Morgan fingerprint density at radius 2 is 1.73 bits per heavy atom. The van der Waals surface area contributed by atoms with Gasteiger partial charge in [-0.2, -0.15) is 13.2 Å². The summed E-state index contributed by atoms with van der Waals surface area (Å²) in [4.78, 5) is 29.7. The molecule has 8 nitrogen and oxygen atoms in total. The van der Waals surface area contributed by atoms with Gasteiger partial charge in [-0.15, -0.1) is 0 Å². The molecule has 7 rings (SSSR count). The van der Waals surface area contributed by atoms with Crippen molar-refractivity contribution in [1.82, 2.24) is 14.8 Å². The number of nitrogens with zero attached hydrogens (tertiary/aromatic N) is 2. The third-order valence-corrected chi connectivity index (χ3v) is 9.81. The van der Waals surface area contributed by atoms with Crippen LogP contribution < -0.4 is 15.6 Å². The molecular formula is C38H36F5N3O5. The molecular weight excluding hydrogens is 673 g/mol. The number of amides is 1. The second-order valence-electron chi connectivity index (χ2n) is 13.6. The van der Waals surface area contributed by atoms with Gasteiger partial charge in [-0.3, -0.25) is 19.1 Å². The molecule has 0 unspecified atom stereocenters. The molecule has 1 aliphatic carbocycles. The van der Waals surface area contributed by atoms with Crippen molar-refractivity contribution in [3.63, 3.8) is 0 Å². The molecule has 2 aliphatic heterocycles. The highest BCUT2D eigenvalue weighted by Crippen LogP contribution is 2.46. The van der Waals surface area contributed by atoms with Crippen LogP contribution in [0.5, 0.6) is 11.5 Å². The molecule has 3 N–H and O–H groups in total. The number of aryl methyl sites for hydroxylation is 1. The van der Waals surface area contributed by atoms with Crippen molar-refractivity contribution in [2.75, 3.05) is 19.6 Å². The maximum atomic E-state index is 16.4. The lowest BCUT2D eigenvalue weighted by molar-refractivity contribution is -0.138. The van der Waals surface area contributed by atoms with E-state index in [-0.39, 0.29) is 54.4 Å². The van der Waals surface area contributed by atoms with Crippen LogP contribution in [0.4, 0.5) is 22.0 Å². The van der Waals surface area contributed by atoms with Crippen molar-refractivity contribution in [3.05, 3.63) is 116 Å². The van der Waals surface area contributed by atoms with Gasteiger partial charge in [0.05, 0.1) is 11.6 Å². The Balaban J connectivity index is 1.42. The van der Waals surface area contributed by atoms with Crippen LogP contribution in [0, 0.1) is 12.7 Å². The van der Waals surface area contributed by atoms with Gasteiger partial charge in [0.15, 0.2) is 6.29 Å². The summed E-state index contributed by atoms with van der Waals surface area (Å²) < 4.78 is 79.9. The fourth-order valence-electron chi connectivity index (χ4n) is 7.12. The molecule has 13 heteroatoms. The normalized spacial score (nSPS) is 19.7. The van der Waals surface area contributed by atoms with E-state index >= 15 is 4.39 Å². The number of benzene rings is 3. The predicted molar refractivity (Wildman–Crippen MR) is 178 cm³/mol. The van der Waals surface area contributed by atoms with Gasteiger partial charge in [0.1, 0.15) is 29.5 Å². The number of carbonyl (C=O) groups is 1. The Labute approximate surface area is 290 Å². The summed E-state index contributed by atoms with van der Waals surface area (Å²) in [5.41, 5.74) is 0.0436. The molecule has 3 aliphatic rings. The van der Waals surface area contributed by atoms with E-state index in [9.17, 15) is 37.4 Å². The molecule has 1 amide bonds. The van der Waals surface area contributed by atoms with E-state index in [1.165, 1.54) is 18.2 Å². The van der Waals surface area contributed by atoms with Crippen LogP contribution in [0.1, 0.15) is 70.6 Å². The quantitative estimate of drug-likeness (QED) is 0.154. The Morgan fingerprint density at radius 1 is 1.00 bits per heavy atom. The average molecular weight is 710 g/mol. The van der Waals surface area contributed by atoms with Crippen LogP contribution in [0.2, 0.25) is 0 Å².